The molecule has 82 valence electrons. The van der Waals surface area contributed by atoms with Gasteiger partial charge in [-0.1, -0.05) is 0 Å². The molecule has 0 aliphatic heterocycles. The summed E-state index contributed by atoms with van der Waals surface area (Å²) in [6.07, 6.45) is 0. The van der Waals surface area contributed by atoms with Crippen molar-refractivity contribution in [1.82, 2.24) is 0 Å². The average molecular weight is 398 g/mol. The fourth-order valence-electron chi connectivity index (χ4n) is 0.784. The summed E-state index contributed by atoms with van der Waals surface area (Å²) in [6, 6.07) is 7.48. The molecule has 3 nitrogen and oxygen atoms in total. The van der Waals surface area contributed by atoms with E-state index < -0.39 is 0 Å². The van der Waals surface area contributed by atoms with Crippen molar-refractivity contribution in [2.45, 2.75) is 0 Å². The molecule has 0 spiro atoms. The van der Waals surface area contributed by atoms with Gasteiger partial charge in [-0.2, -0.15) is 0 Å². The van der Waals surface area contributed by atoms with Crippen LogP contribution in [0.15, 0.2) is 24.3 Å². The number of halogens is 1. The molecule has 0 saturated carbocycles. The van der Waals surface area contributed by atoms with Crippen LogP contribution in [0.25, 0.3) is 0 Å². The molecule has 0 aromatic heterocycles. The predicted molar refractivity (Wildman–Crippen MR) is 52.7 cm³/mol. The van der Waals surface area contributed by atoms with Crippen LogP contribution >= 0.6 is 9.19 Å². The molecule has 0 aliphatic carbocycles. The number of benzene rings is 1. The van der Waals surface area contributed by atoms with Crippen molar-refractivity contribution in [3.05, 3.63) is 31.0 Å². The topological polar surface area (TPSA) is 30.5 Å². The molecular formula is C9H11AuClNO2. The molecule has 0 atom stereocenters. The Balaban J connectivity index is 0.000000791. The molecule has 0 saturated heterocycles. The van der Waals surface area contributed by atoms with Crippen LogP contribution in [-0.4, -0.2) is 14.2 Å². The Morgan fingerprint density at radius 3 is 2.21 bits per heavy atom. The molecular weight excluding hydrogens is 387 g/mol. The Morgan fingerprint density at radius 2 is 1.79 bits per heavy atom. The summed E-state index contributed by atoms with van der Waals surface area (Å²) in [4.78, 5) is 0. The van der Waals surface area contributed by atoms with E-state index in [-0.39, 0.29) is 0 Å². The van der Waals surface area contributed by atoms with Gasteiger partial charge in [-0.15, -0.1) is 0 Å². The van der Waals surface area contributed by atoms with E-state index in [9.17, 15) is 0 Å². The fraction of sp³-hybridized carbons (Fsp3) is 0.222. The van der Waals surface area contributed by atoms with E-state index in [0.29, 0.717) is 0 Å². The van der Waals surface area contributed by atoms with E-state index >= 15 is 0 Å². The Labute approximate surface area is 100 Å². The van der Waals surface area contributed by atoms with Crippen molar-refractivity contribution in [2.75, 3.05) is 19.5 Å². The van der Waals surface area contributed by atoms with Crippen molar-refractivity contribution in [3.63, 3.8) is 0 Å². The summed E-state index contributed by atoms with van der Waals surface area (Å²) in [5.74, 6) is 0.831. The van der Waals surface area contributed by atoms with Gasteiger partial charge >= 0.3 is 29.2 Å². The van der Waals surface area contributed by atoms with Crippen LogP contribution in [-0.2, 0) is 24.7 Å². The molecule has 1 aromatic rings. The third kappa shape index (κ3) is 5.52. The standard InChI is InChI=1S/C9H11NO2.Au.ClH/c1-11-7-10-8-3-5-9(12-2)6-4-8;;/h3-6,10H,1-2H3;;1H/q;+1;/p-1. The SMILES string of the molecule is CO[C]Nc1ccc(OC)cc1.[Cl][Au]. The number of rotatable bonds is 4. The normalized spacial score (nSPS) is 8.64. The minimum atomic E-state index is 0.831. The van der Waals surface area contributed by atoms with Gasteiger partial charge < -0.3 is 14.8 Å². The molecule has 0 fully saturated rings. The second kappa shape index (κ2) is 9.37. The van der Waals surface area contributed by atoms with Crippen molar-refractivity contribution >= 4 is 14.9 Å². The number of hydrogen-bond acceptors (Lipinski definition) is 3. The maximum atomic E-state index is 4.99. The van der Waals surface area contributed by atoms with Gasteiger partial charge in [0.25, 0.3) is 0 Å². The molecule has 1 rings (SSSR count). The molecule has 14 heavy (non-hydrogen) atoms. The van der Waals surface area contributed by atoms with E-state index in [1.165, 1.54) is 7.11 Å². The monoisotopic (exact) mass is 397 g/mol. The minimum absolute atomic E-state index is 0.831. The second-order valence-electron chi connectivity index (χ2n) is 2.16. The van der Waals surface area contributed by atoms with Crippen LogP contribution in [0.3, 0.4) is 0 Å². The van der Waals surface area contributed by atoms with Gasteiger partial charge in [0, 0.05) is 12.8 Å². The van der Waals surface area contributed by atoms with E-state index in [0.717, 1.165) is 11.4 Å². The number of nitrogens with one attached hydrogen (secondary N) is 1. The van der Waals surface area contributed by atoms with Crippen LogP contribution in [0, 0.1) is 6.73 Å². The van der Waals surface area contributed by atoms with E-state index in [1.54, 1.807) is 27.1 Å². The summed E-state index contributed by atoms with van der Waals surface area (Å²) in [5, 5.41) is 2.82. The van der Waals surface area contributed by atoms with E-state index in [4.69, 9.17) is 4.74 Å². The Bertz CT molecular complexity index is 231. The van der Waals surface area contributed by atoms with E-state index in [1.807, 2.05) is 24.3 Å². The van der Waals surface area contributed by atoms with Gasteiger partial charge in [-0.3, -0.25) is 0 Å². The van der Waals surface area contributed by atoms with Crippen LogP contribution < -0.4 is 10.1 Å². The average Bonchev–Trinajstić information content (AvgIpc) is 2.30. The molecule has 0 unspecified atom stereocenters. The van der Waals surface area contributed by atoms with Crippen LogP contribution in [0.2, 0.25) is 0 Å². The molecule has 1 N–H and O–H groups in total. The molecule has 2 radical (unpaired) electrons. The van der Waals surface area contributed by atoms with Crippen molar-refractivity contribution in [2.24, 2.45) is 0 Å². The summed E-state index contributed by atoms with van der Waals surface area (Å²) in [6.45, 7) is 2.51. The van der Waals surface area contributed by atoms with Gasteiger partial charge in [-0.05, 0) is 24.3 Å². The fourth-order valence-corrected chi connectivity index (χ4v) is 0.784. The van der Waals surface area contributed by atoms with Crippen LogP contribution in [0.4, 0.5) is 5.69 Å². The first-order valence-corrected chi connectivity index (χ1v) is 6.34. The Hall–Kier alpha value is -0.190. The first kappa shape index (κ1) is 13.8. The number of ether oxygens (including phenoxy) is 2. The van der Waals surface area contributed by atoms with Crippen LogP contribution in [0.1, 0.15) is 0 Å². The Kier molecular flexibility index (Phi) is 9.24. The first-order chi connectivity index (χ1) is 6.86. The van der Waals surface area contributed by atoms with Gasteiger partial charge in [0.2, 0.25) is 6.73 Å². The maximum absolute atomic E-state index is 4.99. The zero-order valence-corrected chi connectivity index (χ0v) is 10.7. The quantitative estimate of drug-likeness (QED) is 0.625. The van der Waals surface area contributed by atoms with Crippen molar-refractivity contribution in [1.29, 1.82) is 0 Å². The zero-order chi connectivity index (χ0) is 10.8. The molecule has 0 heterocycles. The molecule has 5 heteroatoms. The Morgan fingerprint density at radius 1 is 1.21 bits per heavy atom. The second-order valence-corrected chi connectivity index (χ2v) is 2.16. The first-order valence-electron chi connectivity index (χ1n) is 3.66. The zero-order valence-electron chi connectivity index (χ0n) is 7.81. The van der Waals surface area contributed by atoms with Gasteiger partial charge in [0.05, 0.1) is 7.11 Å². The third-order valence-electron chi connectivity index (χ3n) is 1.39. The van der Waals surface area contributed by atoms with Crippen molar-refractivity contribution in [3.8, 4) is 5.75 Å². The summed E-state index contributed by atoms with van der Waals surface area (Å²) in [7, 11) is 7.76. The van der Waals surface area contributed by atoms with Gasteiger partial charge in [-0.25, -0.2) is 0 Å². The number of anilines is 1. The molecule has 0 aliphatic rings. The summed E-state index contributed by atoms with van der Waals surface area (Å²) < 4.78 is 9.60. The van der Waals surface area contributed by atoms with Crippen LogP contribution in [0.5, 0.6) is 5.75 Å². The van der Waals surface area contributed by atoms with Gasteiger partial charge in [0.15, 0.2) is 0 Å². The third-order valence-corrected chi connectivity index (χ3v) is 1.39. The molecule has 0 bridgehead atoms. The number of methoxy groups -OCH3 is 2. The summed E-state index contributed by atoms with van der Waals surface area (Å²) in [5.41, 5.74) is 0.914. The molecule has 1 aromatic carbocycles. The van der Waals surface area contributed by atoms with E-state index in [2.05, 4.69) is 26.0 Å². The molecule has 0 amide bonds. The predicted octanol–water partition coefficient (Wildman–Crippen LogP) is 2.44. The number of hydrogen-bond donors (Lipinski definition) is 1. The van der Waals surface area contributed by atoms with Crippen molar-refractivity contribution < 1.29 is 29.5 Å². The summed E-state index contributed by atoms with van der Waals surface area (Å²) >= 11 is 1.75. The van der Waals surface area contributed by atoms with Gasteiger partial charge in [0.1, 0.15) is 5.75 Å².